The number of hydrogen-bond donors (Lipinski definition) is 1. The topological polar surface area (TPSA) is 94.3 Å². The van der Waals surface area contributed by atoms with Crippen LogP contribution in [0.4, 0.5) is 10.8 Å². The molecule has 2 aromatic rings. The second kappa shape index (κ2) is 5.73. The third kappa shape index (κ3) is 2.75. The molecule has 106 valence electrons. The number of nitrogens with zero attached hydrogens (tertiary/aromatic N) is 3. The van der Waals surface area contributed by atoms with Crippen LogP contribution >= 0.6 is 11.3 Å². The quantitative estimate of drug-likeness (QED) is 0.872. The number of Topliss-reactive ketones (excluding diaryl/α,β-unsaturated/α-hetero) is 1. The van der Waals surface area contributed by atoms with Crippen molar-refractivity contribution in [1.29, 1.82) is 5.26 Å². The number of thiazole rings is 1. The zero-order valence-electron chi connectivity index (χ0n) is 11.3. The van der Waals surface area contributed by atoms with Crippen molar-refractivity contribution in [3.8, 4) is 6.07 Å². The molecule has 0 saturated heterocycles. The zero-order chi connectivity index (χ0) is 15.6. The highest BCUT2D eigenvalue weighted by molar-refractivity contribution is 7.17. The number of carboxylic acid groups (broad SMARTS) is 1. The molecule has 21 heavy (non-hydrogen) atoms. The van der Waals surface area contributed by atoms with E-state index in [9.17, 15) is 9.59 Å². The van der Waals surface area contributed by atoms with Crippen LogP contribution < -0.4 is 4.90 Å². The van der Waals surface area contributed by atoms with Crippen LogP contribution in [0.1, 0.15) is 32.6 Å². The third-order valence-corrected chi connectivity index (χ3v) is 4.04. The van der Waals surface area contributed by atoms with E-state index in [1.807, 2.05) is 0 Å². The Morgan fingerprint density at radius 3 is 2.57 bits per heavy atom. The van der Waals surface area contributed by atoms with Gasteiger partial charge in [0.25, 0.3) is 0 Å². The lowest BCUT2D eigenvalue weighted by Gasteiger charge is -2.16. The smallest absolute Gasteiger partial charge is 0.356 e. The number of carboxylic acids is 1. The van der Waals surface area contributed by atoms with Crippen LogP contribution in [0.15, 0.2) is 24.3 Å². The first-order chi connectivity index (χ1) is 9.95. The van der Waals surface area contributed by atoms with Crippen molar-refractivity contribution in [2.75, 3.05) is 11.9 Å². The van der Waals surface area contributed by atoms with Crippen molar-refractivity contribution in [2.24, 2.45) is 0 Å². The van der Waals surface area contributed by atoms with E-state index in [0.29, 0.717) is 16.4 Å². The van der Waals surface area contributed by atoms with Gasteiger partial charge in [0.15, 0.2) is 16.6 Å². The summed E-state index contributed by atoms with van der Waals surface area (Å²) in [4.78, 5) is 28.3. The Hall–Kier alpha value is -2.72. The average Bonchev–Trinajstić information content (AvgIpc) is 2.92. The fourth-order valence-corrected chi connectivity index (χ4v) is 2.73. The van der Waals surface area contributed by atoms with Crippen molar-refractivity contribution in [3.63, 3.8) is 0 Å². The molecule has 6 nitrogen and oxygen atoms in total. The van der Waals surface area contributed by atoms with Gasteiger partial charge in [-0.15, -0.1) is 0 Å². The molecule has 1 aromatic heterocycles. The molecular formula is C14H11N3O3S. The molecule has 0 amide bonds. The van der Waals surface area contributed by atoms with Gasteiger partial charge >= 0.3 is 5.97 Å². The molecule has 7 heteroatoms. The Kier molecular flexibility index (Phi) is 4.00. The third-order valence-electron chi connectivity index (χ3n) is 2.81. The summed E-state index contributed by atoms with van der Waals surface area (Å²) in [5.41, 5.74) is 0.779. The molecule has 0 radical (unpaired) electrons. The van der Waals surface area contributed by atoms with E-state index in [0.717, 1.165) is 11.3 Å². The van der Waals surface area contributed by atoms with Gasteiger partial charge < -0.3 is 10.0 Å². The van der Waals surface area contributed by atoms with Crippen LogP contribution in [-0.4, -0.2) is 28.9 Å². The molecule has 0 unspecified atom stereocenters. The number of carbonyl (C=O) groups excluding carboxylic acids is 1. The van der Waals surface area contributed by atoms with E-state index in [2.05, 4.69) is 11.1 Å². The number of benzene rings is 1. The highest BCUT2D eigenvalue weighted by atomic mass is 32.1. The fourth-order valence-electron chi connectivity index (χ4n) is 1.80. The molecule has 1 heterocycles. The predicted molar refractivity (Wildman–Crippen MR) is 78.3 cm³/mol. The minimum atomic E-state index is -1.25. The Morgan fingerprint density at radius 2 is 2.05 bits per heavy atom. The van der Waals surface area contributed by atoms with E-state index in [-0.39, 0.29) is 16.4 Å². The first-order valence-corrected chi connectivity index (χ1v) is 6.75. The van der Waals surface area contributed by atoms with Gasteiger partial charge in [-0.05, 0) is 12.1 Å². The second-order valence-corrected chi connectivity index (χ2v) is 5.20. The van der Waals surface area contributed by atoms with Gasteiger partial charge in [0.05, 0.1) is 11.3 Å². The van der Waals surface area contributed by atoms with E-state index in [1.54, 1.807) is 36.2 Å². The van der Waals surface area contributed by atoms with Gasteiger partial charge in [-0.1, -0.05) is 23.5 Å². The zero-order valence-corrected chi connectivity index (χ0v) is 12.1. The summed E-state index contributed by atoms with van der Waals surface area (Å²) in [5.74, 6) is -1.59. The summed E-state index contributed by atoms with van der Waals surface area (Å²) < 4.78 is 0. The Bertz CT molecular complexity index is 730. The molecule has 2 rings (SSSR count). The van der Waals surface area contributed by atoms with E-state index in [4.69, 9.17) is 10.4 Å². The number of aromatic nitrogens is 1. The second-order valence-electron chi connectivity index (χ2n) is 4.22. The van der Waals surface area contributed by atoms with Crippen LogP contribution in [0.3, 0.4) is 0 Å². The van der Waals surface area contributed by atoms with Gasteiger partial charge in [-0.3, -0.25) is 4.79 Å². The van der Waals surface area contributed by atoms with Crippen molar-refractivity contribution in [2.45, 2.75) is 6.92 Å². The van der Waals surface area contributed by atoms with Gasteiger partial charge in [0.1, 0.15) is 10.9 Å². The van der Waals surface area contributed by atoms with Crippen LogP contribution in [0.2, 0.25) is 0 Å². The molecular weight excluding hydrogens is 290 g/mol. The minimum Gasteiger partial charge on any atom is -0.476 e. The number of anilines is 2. The van der Waals surface area contributed by atoms with E-state index >= 15 is 0 Å². The summed E-state index contributed by atoms with van der Waals surface area (Å²) in [5, 5.41) is 18.6. The fraction of sp³-hybridized carbons (Fsp3) is 0.143. The number of ketones is 1. The van der Waals surface area contributed by atoms with Crippen molar-refractivity contribution in [3.05, 3.63) is 40.4 Å². The molecule has 0 aliphatic rings. The largest absolute Gasteiger partial charge is 0.476 e. The number of para-hydroxylation sites is 1. The number of rotatable bonds is 4. The summed E-state index contributed by atoms with van der Waals surface area (Å²) in [6, 6.07) is 8.96. The summed E-state index contributed by atoms with van der Waals surface area (Å²) >= 11 is 0.993. The molecule has 1 aromatic carbocycles. The Labute approximate surface area is 124 Å². The van der Waals surface area contributed by atoms with Crippen LogP contribution in [0.5, 0.6) is 0 Å². The average molecular weight is 301 g/mol. The van der Waals surface area contributed by atoms with Crippen LogP contribution in [-0.2, 0) is 0 Å². The monoisotopic (exact) mass is 301 g/mol. The van der Waals surface area contributed by atoms with Gasteiger partial charge in [-0.2, -0.15) is 5.26 Å². The Morgan fingerprint density at radius 1 is 1.38 bits per heavy atom. The van der Waals surface area contributed by atoms with E-state index < -0.39 is 5.97 Å². The van der Waals surface area contributed by atoms with Crippen LogP contribution in [0, 0.1) is 11.3 Å². The lowest BCUT2D eigenvalue weighted by Crippen LogP contribution is -2.11. The van der Waals surface area contributed by atoms with Gasteiger partial charge in [0, 0.05) is 14.0 Å². The number of carbonyl (C=O) groups is 2. The highest BCUT2D eigenvalue weighted by Gasteiger charge is 2.23. The van der Waals surface area contributed by atoms with Gasteiger partial charge in [-0.25, -0.2) is 9.78 Å². The molecule has 0 atom stereocenters. The standard InChI is InChI=1S/C14H11N3O3S/c1-8(18)12-11(13(19)20)16-14(21-12)17(2)10-6-4-3-5-9(10)7-15/h3-6H,1-2H3,(H,19,20). The molecule has 0 aliphatic carbocycles. The van der Waals surface area contributed by atoms with E-state index in [1.165, 1.54) is 6.92 Å². The van der Waals surface area contributed by atoms with Crippen molar-refractivity contribution in [1.82, 2.24) is 4.98 Å². The first kappa shape index (κ1) is 14.7. The predicted octanol–water partition coefficient (Wildman–Crippen LogP) is 2.68. The first-order valence-electron chi connectivity index (χ1n) is 5.93. The molecule has 0 fully saturated rings. The lowest BCUT2D eigenvalue weighted by atomic mass is 10.2. The minimum absolute atomic E-state index is 0.0961. The number of aromatic carboxylic acids is 1. The van der Waals surface area contributed by atoms with Crippen molar-refractivity contribution < 1.29 is 14.7 Å². The van der Waals surface area contributed by atoms with Crippen molar-refractivity contribution >= 4 is 33.9 Å². The van der Waals surface area contributed by atoms with Gasteiger partial charge in [0.2, 0.25) is 0 Å². The number of nitriles is 1. The molecule has 0 aliphatic heterocycles. The summed E-state index contributed by atoms with van der Waals surface area (Å²) in [6.07, 6.45) is 0. The molecule has 0 saturated carbocycles. The maximum absolute atomic E-state index is 11.5. The normalized spacial score (nSPS) is 9.95. The molecule has 0 bridgehead atoms. The Balaban J connectivity index is 2.52. The highest BCUT2D eigenvalue weighted by Crippen LogP contribution is 2.32. The summed E-state index contributed by atoms with van der Waals surface area (Å²) in [6.45, 7) is 1.30. The molecule has 1 N–H and O–H groups in total. The maximum atomic E-state index is 11.5. The summed E-state index contributed by atoms with van der Waals surface area (Å²) in [7, 11) is 1.67. The molecule has 0 spiro atoms. The number of hydrogen-bond acceptors (Lipinski definition) is 6. The SMILES string of the molecule is CC(=O)c1sc(N(C)c2ccccc2C#N)nc1C(=O)O. The maximum Gasteiger partial charge on any atom is 0.356 e. The van der Waals surface area contributed by atoms with Crippen LogP contribution in [0.25, 0.3) is 0 Å². The lowest BCUT2D eigenvalue weighted by molar-refractivity contribution is 0.0687.